The zero-order chi connectivity index (χ0) is 12.3. The van der Waals surface area contributed by atoms with Crippen molar-refractivity contribution < 1.29 is 9.84 Å². The molecule has 0 spiro atoms. The lowest BCUT2D eigenvalue weighted by atomic mass is 9.95. The van der Waals surface area contributed by atoms with Crippen LogP contribution in [0.1, 0.15) is 26.2 Å². The van der Waals surface area contributed by atoms with E-state index in [1.165, 1.54) is 12.8 Å². The van der Waals surface area contributed by atoms with Crippen LogP contribution in [0.5, 0.6) is 5.75 Å². The van der Waals surface area contributed by atoms with E-state index in [2.05, 4.69) is 12.2 Å². The summed E-state index contributed by atoms with van der Waals surface area (Å²) in [5.74, 6) is 1.64. The summed E-state index contributed by atoms with van der Waals surface area (Å²) in [4.78, 5) is 0. The molecule has 0 radical (unpaired) electrons. The Bertz CT molecular complexity index is 359. The highest BCUT2D eigenvalue weighted by atomic mass is 16.5. The van der Waals surface area contributed by atoms with Crippen molar-refractivity contribution in [3.8, 4) is 5.75 Å². The van der Waals surface area contributed by atoms with Gasteiger partial charge in [-0.05, 0) is 43.5 Å². The summed E-state index contributed by atoms with van der Waals surface area (Å²) in [6, 6.07) is 7.83. The number of ether oxygens (including phenoxy) is 1. The van der Waals surface area contributed by atoms with Gasteiger partial charge in [0.25, 0.3) is 0 Å². The number of aliphatic hydroxyl groups is 1. The molecule has 0 saturated heterocycles. The summed E-state index contributed by atoms with van der Waals surface area (Å²) in [7, 11) is 1.66. The van der Waals surface area contributed by atoms with Gasteiger partial charge in [0.2, 0.25) is 0 Å². The molecular weight excluding hydrogens is 214 g/mol. The van der Waals surface area contributed by atoms with Crippen molar-refractivity contribution in [2.45, 2.75) is 31.7 Å². The minimum absolute atomic E-state index is 0.162. The Hall–Kier alpha value is -1.22. The maximum Gasteiger partial charge on any atom is 0.119 e. The van der Waals surface area contributed by atoms with Crippen molar-refractivity contribution in [2.75, 3.05) is 19.0 Å². The quantitative estimate of drug-likeness (QED) is 0.796. The lowest BCUT2D eigenvalue weighted by Crippen LogP contribution is -2.39. The summed E-state index contributed by atoms with van der Waals surface area (Å²) >= 11 is 0. The first-order valence-corrected chi connectivity index (χ1v) is 6.18. The lowest BCUT2D eigenvalue weighted by Gasteiger charge is -2.30. The summed E-state index contributed by atoms with van der Waals surface area (Å²) in [6.45, 7) is 2.24. The van der Waals surface area contributed by atoms with Gasteiger partial charge in [-0.2, -0.15) is 0 Å². The van der Waals surface area contributed by atoms with Crippen LogP contribution in [0.4, 0.5) is 5.69 Å². The Morgan fingerprint density at radius 2 is 2.00 bits per heavy atom. The number of hydrogen-bond acceptors (Lipinski definition) is 3. The van der Waals surface area contributed by atoms with E-state index in [9.17, 15) is 5.11 Å². The Kier molecular flexibility index (Phi) is 3.57. The average Bonchev–Trinajstić information content (AvgIpc) is 3.14. The van der Waals surface area contributed by atoms with Crippen LogP contribution in [0.3, 0.4) is 0 Å². The van der Waals surface area contributed by atoms with Gasteiger partial charge in [0.05, 0.1) is 19.3 Å². The molecule has 2 N–H and O–H groups in total. The van der Waals surface area contributed by atoms with Crippen molar-refractivity contribution in [3.63, 3.8) is 0 Å². The molecule has 1 aromatic carbocycles. The molecule has 1 aromatic rings. The maximum atomic E-state index is 9.54. The zero-order valence-corrected chi connectivity index (χ0v) is 10.6. The molecule has 3 heteroatoms. The average molecular weight is 235 g/mol. The summed E-state index contributed by atoms with van der Waals surface area (Å²) in [5.41, 5.74) is 0.818. The second-order valence-electron chi connectivity index (χ2n) is 5.22. The molecule has 3 nitrogen and oxygen atoms in total. The summed E-state index contributed by atoms with van der Waals surface area (Å²) < 4.78 is 5.12. The van der Waals surface area contributed by atoms with Crippen molar-refractivity contribution in [2.24, 2.45) is 5.92 Å². The second kappa shape index (κ2) is 4.96. The van der Waals surface area contributed by atoms with E-state index in [1.54, 1.807) is 7.11 Å². The monoisotopic (exact) mass is 235 g/mol. The molecule has 1 unspecified atom stereocenters. The van der Waals surface area contributed by atoms with Crippen LogP contribution in [0.25, 0.3) is 0 Å². The van der Waals surface area contributed by atoms with Gasteiger partial charge in [0, 0.05) is 5.69 Å². The highest BCUT2D eigenvalue weighted by Gasteiger charge is 2.32. The molecule has 1 saturated carbocycles. The molecule has 0 bridgehead atoms. The number of aliphatic hydroxyl groups excluding tert-OH is 1. The molecule has 1 aliphatic rings. The molecular formula is C14H21NO2. The fourth-order valence-electron chi connectivity index (χ4n) is 2.14. The predicted octanol–water partition coefficient (Wildman–Crippen LogP) is 2.66. The molecule has 0 amide bonds. The van der Waals surface area contributed by atoms with E-state index in [0.29, 0.717) is 0 Å². The van der Waals surface area contributed by atoms with Crippen molar-refractivity contribution in [1.29, 1.82) is 0 Å². The van der Waals surface area contributed by atoms with Gasteiger partial charge in [-0.1, -0.05) is 12.8 Å². The van der Waals surface area contributed by atoms with Gasteiger partial charge in [0.1, 0.15) is 5.75 Å². The highest BCUT2D eigenvalue weighted by Crippen LogP contribution is 2.37. The number of anilines is 1. The minimum atomic E-state index is -0.213. The summed E-state index contributed by atoms with van der Waals surface area (Å²) in [5, 5.41) is 13.0. The fourth-order valence-corrected chi connectivity index (χ4v) is 2.14. The standard InChI is InChI=1S/C14H21NO2/c1-14(10-16,9-11-3-4-11)15-12-5-7-13(17-2)8-6-12/h5-8,11,15-16H,3-4,9-10H2,1-2H3. The molecule has 94 valence electrons. The molecule has 2 rings (SSSR count). The van der Waals surface area contributed by atoms with Crippen LogP contribution >= 0.6 is 0 Å². The first-order chi connectivity index (χ1) is 8.15. The number of benzene rings is 1. The van der Waals surface area contributed by atoms with Crippen LogP contribution in [0.2, 0.25) is 0 Å². The Labute approximate surface area is 103 Å². The molecule has 1 fully saturated rings. The van der Waals surface area contributed by atoms with Crippen molar-refractivity contribution >= 4 is 5.69 Å². The molecule has 0 aliphatic heterocycles. The fraction of sp³-hybridized carbons (Fsp3) is 0.571. The Morgan fingerprint density at radius 3 is 2.47 bits per heavy atom. The third-order valence-electron chi connectivity index (χ3n) is 3.32. The van der Waals surface area contributed by atoms with Gasteiger partial charge in [0.15, 0.2) is 0 Å². The second-order valence-corrected chi connectivity index (χ2v) is 5.22. The van der Waals surface area contributed by atoms with Gasteiger partial charge in [-0.25, -0.2) is 0 Å². The molecule has 1 atom stereocenters. The Morgan fingerprint density at radius 1 is 1.35 bits per heavy atom. The van der Waals surface area contributed by atoms with Gasteiger partial charge >= 0.3 is 0 Å². The topological polar surface area (TPSA) is 41.5 Å². The smallest absolute Gasteiger partial charge is 0.119 e. The molecule has 1 aliphatic carbocycles. The van der Waals surface area contributed by atoms with Crippen LogP contribution < -0.4 is 10.1 Å². The Balaban J connectivity index is 2.00. The SMILES string of the molecule is COc1ccc(NC(C)(CO)CC2CC2)cc1. The number of nitrogens with one attached hydrogen (secondary N) is 1. The van der Waals surface area contributed by atoms with E-state index in [-0.39, 0.29) is 12.1 Å². The minimum Gasteiger partial charge on any atom is -0.497 e. The predicted molar refractivity (Wildman–Crippen MR) is 69.4 cm³/mol. The van der Waals surface area contributed by atoms with E-state index >= 15 is 0 Å². The normalized spacial score (nSPS) is 18.5. The third kappa shape index (κ3) is 3.37. The van der Waals surface area contributed by atoms with Crippen LogP contribution in [-0.4, -0.2) is 24.4 Å². The molecule has 0 heterocycles. The molecule has 0 aromatic heterocycles. The van der Waals surface area contributed by atoms with Crippen LogP contribution in [0, 0.1) is 5.92 Å². The van der Waals surface area contributed by atoms with Crippen molar-refractivity contribution in [3.05, 3.63) is 24.3 Å². The van der Waals surface area contributed by atoms with Crippen LogP contribution in [-0.2, 0) is 0 Å². The third-order valence-corrected chi connectivity index (χ3v) is 3.32. The first-order valence-electron chi connectivity index (χ1n) is 6.18. The van der Waals surface area contributed by atoms with Crippen molar-refractivity contribution in [1.82, 2.24) is 0 Å². The first kappa shape index (κ1) is 12.2. The zero-order valence-electron chi connectivity index (χ0n) is 10.6. The van der Waals surface area contributed by atoms with E-state index in [4.69, 9.17) is 4.74 Å². The number of hydrogen-bond donors (Lipinski definition) is 2. The van der Waals surface area contributed by atoms with Crippen LogP contribution in [0.15, 0.2) is 24.3 Å². The number of methoxy groups -OCH3 is 1. The van der Waals surface area contributed by atoms with E-state index < -0.39 is 0 Å². The van der Waals surface area contributed by atoms with Gasteiger partial charge < -0.3 is 15.2 Å². The van der Waals surface area contributed by atoms with Gasteiger partial charge in [-0.3, -0.25) is 0 Å². The highest BCUT2D eigenvalue weighted by molar-refractivity contribution is 5.48. The summed E-state index contributed by atoms with van der Waals surface area (Å²) in [6.07, 6.45) is 3.65. The number of rotatable bonds is 6. The molecule has 17 heavy (non-hydrogen) atoms. The van der Waals surface area contributed by atoms with Gasteiger partial charge in [-0.15, -0.1) is 0 Å². The lowest BCUT2D eigenvalue weighted by molar-refractivity contribution is 0.209. The maximum absolute atomic E-state index is 9.54. The van der Waals surface area contributed by atoms with E-state index in [1.807, 2.05) is 24.3 Å². The largest absolute Gasteiger partial charge is 0.497 e. The van der Waals surface area contributed by atoms with E-state index in [0.717, 1.165) is 23.8 Å².